The number of pyridine rings is 1. The molecule has 0 aliphatic carbocycles. The zero-order chi connectivity index (χ0) is 14.3. The average Bonchev–Trinajstić information content (AvgIpc) is 2.95. The van der Waals surface area contributed by atoms with Gasteiger partial charge < -0.3 is 5.10 Å². The topological polar surface area (TPSA) is 73.9 Å². The Morgan fingerprint density at radius 1 is 1.25 bits per heavy atom. The first-order valence-electron chi connectivity index (χ1n) is 6.49. The van der Waals surface area contributed by atoms with E-state index in [1.807, 2.05) is 18.2 Å². The highest BCUT2D eigenvalue weighted by molar-refractivity contribution is 6.20. The fraction of sp³-hybridized carbons (Fsp3) is 0.267. The smallest absolute Gasteiger partial charge is 0.271 e. The molecule has 0 aromatic carbocycles. The normalized spacial score (nSPS) is 15.8. The fourth-order valence-corrected chi connectivity index (χ4v) is 2.29. The average molecular weight is 268 g/mol. The third kappa shape index (κ3) is 2.01. The molecular formula is C15H16N4O. The quantitative estimate of drug-likeness (QED) is 0.834. The summed E-state index contributed by atoms with van der Waals surface area (Å²) in [6.07, 6.45) is 5.33. The van der Waals surface area contributed by atoms with Gasteiger partial charge in [-0.25, -0.2) is 9.98 Å². The van der Waals surface area contributed by atoms with Crippen LogP contribution in [0.4, 0.5) is 5.82 Å². The molecule has 0 saturated heterocycles. The van der Waals surface area contributed by atoms with Crippen LogP contribution in [-0.4, -0.2) is 21.4 Å². The molecular weight excluding hydrogens is 252 g/mol. The third-order valence-electron chi connectivity index (χ3n) is 3.29. The molecule has 0 fully saturated rings. The lowest BCUT2D eigenvalue weighted by molar-refractivity contribution is 0.566. The molecule has 0 radical (unpaired) electrons. The van der Waals surface area contributed by atoms with Gasteiger partial charge in [-0.1, -0.05) is 20.8 Å². The lowest BCUT2D eigenvalue weighted by Crippen LogP contribution is -2.15. The van der Waals surface area contributed by atoms with E-state index in [0.717, 1.165) is 16.8 Å². The summed E-state index contributed by atoms with van der Waals surface area (Å²) in [5, 5.41) is 5.63. The first-order chi connectivity index (χ1) is 9.47. The van der Waals surface area contributed by atoms with Gasteiger partial charge in [0.05, 0.1) is 5.56 Å². The maximum absolute atomic E-state index is 12.0. The molecule has 5 nitrogen and oxygen atoms in total. The van der Waals surface area contributed by atoms with Gasteiger partial charge in [-0.3, -0.25) is 9.89 Å². The van der Waals surface area contributed by atoms with Gasteiger partial charge in [-0.05, 0) is 18.2 Å². The molecule has 0 bridgehead atoms. The first-order valence-corrected chi connectivity index (χ1v) is 6.49. The van der Waals surface area contributed by atoms with Gasteiger partial charge in [0.25, 0.3) is 5.56 Å². The molecule has 2 aromatic heterocycles. The number of aliphatic imine (C=N–C) groups is 1. The van der Waals surface area contributed by atoms with Crippen molar-refractivity contribution in [2.24, 2.45) is 4.99 Å². The van der Waals surface area contributed by atoms with Gasteiger partial charge in [-0.2, -0.15) is 0 Å². The zero-order valence-electron chi connectivity index (χ0n) is 11.7. The van der Waals surface area contributed by atoms with E-state index in [-0.39, 0.29) is 11.0 Å². The van der Waals surface area contributed by atoms with Crippen molar-refractivity contribution in [3.05, 3.63) is 45.5 Å². The minimum Gasteiger partial charge on any atom is -0.301 e. The van der Waals surface area contributed by atoms with Crippen LogP contribution in [0.15, 0.2) is 28.1 Å². The summed E-state index contributed by atoms with van der Waals surface area (Å²) in [6, 6.07) is 3.83. The van der Waals surface area contributed by atoms with Crippen LogP contribution in [0.5, 0.6) is 0 Å². The number of nitrogens with zero attached hydrogens (tertiary/aromatic N) is 2. The van der Waals surface area contributed by atoms with Crippen molar-refractivity contribution in [1.82, 2.24) is 15.2 Å². The number of fused-ring (bicyclic) bond motifs is 1. The number of H-pyrrole nitrogens is 2. The summed E-state index contributed by atoms with van der Waals surface area (Å²) in [4.78, 5) is 20.5. The molecule has 3 heterocycles. The first kappa shape index (κ1) is 12.6. The van der Waals surface area contributed by atoms with Gasteiger partial charge in [-0.15, -0.1) is 0 Å². The Morgan fingerprint density at radius 3 is 2.80 bits per heavy atom. The largest absolute Gasteiger partial charge is 0.301 e. The molecule has 0 saturated carbocycles. The number of nitrogens with one attached hydrogen (secondary N) is 2. The Kier molecular flexibility index (Phi) is 2.71. The highest BCUT2D eigenvalue weighted by Crippen LogP contribution is 2.31. The maximum atomic E-state index is 12.0. The molecule has 2 N–H and O–H groups in total. The Labute approximate surface area is 116 Å². The highest BCUT2D eigenvalue weighted by Gasteiger charge is 2.22. The van der Waals surface area contributed by atoms with Crippen LogP contribution in [-0.2, 0) is 5.41 Å². The number of aromatic nitrogens is 3. The lowest BCUT2D eigenvalue weighted by atomic mass is 9.89. The Bertz CT molecular complexity index is 772. The predicted octanol–water partition coefficient (Wildman–Crippen LogP) is 2.65. The van der Waals surface area contributed by atoms with E-state index >= 15 is 0 Å². The number of hydrogen-bond acceptors (Lipinski definition) is 3. The minimum absolute atomic E-state index is 0.117. The van der Waals surface area contributed by atoms with Crippen molar-refractivity contribution >= 4 is 23.7 Å². The van der Waals surface area contributed by atoms with Crippen LogP contribution < -0.4 is 5.56 Å². The van der Waals surface area contributed by atoms with Gasteiger partial charge in [0.1, 0.15) is 0 Å². The lowest BCUT2D eigenvalue weighted by Gasteiger charge is -2.17. The monoisotopic (exact) mass is 268 g/mol. The van der Waals surface area contributed by atoms with Crippen LogP contribution in [0.1, 0.15) is 37.6 Å². The zero-order valence-corrected chi connectivity index (χ0v) is 11.7. The van der Waals surface area contributed by atoms with Crippen LogP contribution in [0.25, 0.3) is 11.6 Å². The summed E-state index contributed by atoms with van der Waals surface area (Å²) in [6.45, 7) is 6.19. The summed E-state index contributed by atoms with van der Waals surface area (Å²) in [5.74, 6) is 0.697. The molecule has 1 aliphatic heterocycles. The molecule has 2 aromatic rings. The van der Waals surface area contributed by atoms with Crippen molar-refractivity contribution in [3.8, 4) is 0 Å². The summed E-state index contributed by atoms with van der Waals surface area (Å²) in [5.41, 5.74) is 3.14. The second-order valence-corrected chi connectivity index (χ2v) is 5.85. The number of rotatable bonds is 1. The number of aromatic amines is 2. The summed E-state index contributed by atoms with van der Waals surface area (Å²) in [7, 11) is 0. The number of hydrogen-bond donors (Lipinski definition) is 2. The van der Waals surface area contributed by atoms with E-state index in [1.165, 1.54) is 0 Å². The molecule has 0 amide bonds. The molecule has 0 unspecified atom stereocenters. The van der Waals surface area contributed by atoms with Crippen LogP contribution in [0.3, 0.4) is 0 Å². The van der Waals surface area contributed by atoms with Gasteiger partial charge in [0.2, 0.25) is 0 Å². The van der Waals surface area contributed by atoms with Crippen LogP contribution in [0, 0.1) is 0 Å². The summed E-state index contributed by atoms with van der Waals surface area (Å²) < 4.78 is 0. The number of allylic oxidation sites excluding steroid dienone is 1. The molecule has 20 heavy (non-hydrogen) atoms. The van der Waals surface area contributed by atoms with Crippen LogP contribution in [0.2, 0.25) is 0 Å². The van der Waals surface area contributed by atoms with E-state index in [2.05, 4.69) is 40.9 Å². The van der Waals surface area contributed by atoms with E-state index < -0.39 is 0 Å². The van der Waals surface area contributed by atoms with Crippen molar-refractivity contribution in [1.29, 1.82) is 0 Å². The standard InChI is InChI=1S/C15H16N4O/c1-15(2,3)12-11(14(20)19-18-12)7-9-8-17-13-10(9)5-4-6-16-13/h4-8H,1-3H3,(H2,18,19,20). The second-order valence-electron chi connectivity index (χ2n) is 5.85. The van der Waals surface area contributed by atoms with Gasteiger partial charge in [0.15, 0.2) is 5.82 Å². The van der Waals surface area contributed by atoms with Crippen molar-refractivity contribution in [3.63, 3.8) is 0 Å². The van der Waals surface area contributed by atoms with Crippen molar-refractivity contribution < 1.29 is 0 Å². The summed E-state index contributed by atoms with van der Waals surface area (Å²) >= 11 is 0. The predicted molar refractivity (Wildman–Crippen MR) is 80.4 cm³/mol. The maximum Gasteiger partial charge on any atom is 0.271 e. The van der Waals surface area contributed by atoms with Crippen molar-refractivity contribution in [2.75, 3.05) is 0 Å². The third-order valence-corrected chi connectivity index (χ3v) is 3.29. The Hall–Kier alpha value is -2.43. The molecule has 0 spiro atoms. The molecule has 0 atom stereocenters. The van der Waals surface area contributed by atoms with Crippen molar-refractivity contribution in [2.45, 2.75) is 26.2 Å². The SMILES string of the molecule is CC(C)(C)c1[nH][nH]c(=O)c1C=C1C=Nc2ncccc21. The Morgan fingerprint density at radius 2 is 2.05 bits per heavy atom. The van der Waals surface area contributed by atoms with Crippen LogP contribution >= 0.6 is 0 Å². The second kappa shape index (κ2) is 4.30. The van der Waals surface area contributed by atoms with Gasteiger partial charge in [0, 0.05) is 34.7 Å². The van der Waals surface area contributed by atoms with E-state index in [0.29, 0.717) is 11.4 Å². The van der Waals surface area contributed by atoms with E-state index in [1.54, 1.807) is 12.4 Å². The molecule has 102 valence electrons. The molecule has 1 aliphatic rings. The Balaban J connectivity index is 2.14. The highest BCUT2D eigenvalue weighted by atomic mass is 16.1. The molecule has 3 rings (SSSR count). The molecule has 5 heteroatoms. The van der Waals surface area contributed by atoms with Gasteiger partial charge >= 0.3 is 0 Å². The van der Waals surface area contributed by atoms with E-state index in [4.69, 9.17) is 0 Å². The fourth-order valence-electron chi connectivity index (χ4n) is 2.29. The minimum atomic E-state index is -0.140. The van der Waals surface area contributed by atoms with E-state index in [9.17, 15) is 4.79 Å².